The number of carbonyl (C=O) groups is 1. The fraction of sp³-hybridized carbons (Fsp3) is 0.625. The van der Waals surface area contributed by atoms with Gasteiger partial charge in [0.25, 0.3) is 0 Å². The van der Waals surface area contributed by atoms with Crippen molar-refractivity contribution in [2.24, 2.45) is 0 Å². The molecular formula is C8H9F3O2. The largest absolute Gasteiger partial charge is 0.490 e. The van der Waals surface area contributed by atoms with Crippen molar-refractivity contribution >= 4 is 5.78 Å². The summed E-state index contributed by atoms with van der Waals surface area (Å²) in [5, 5.41) is 0. The van der Waals surface area contributed by atoms with Crippen molar-refractivity contribution in [3.8, 4) is 0 Å². The molecule has 0 unspecified atom stereocenters. The monoisotopic (exact) mass is 194 g/mol. The minimum atomic E-state index is -4.27. The number of rotatable bonds is 3. The molecule has 0 atom stereocenters. The Balaban J connectivity index is 2.33. The van der Waals surface area contributed by atoms with Crippen molar-refractivity contribution < 1.29 is 22.7 Å². The van der Waals surface area contributed by atoms with Gasteiger partial charge >= 0.3 is 6.18 Å². The molecule has 0 radical (unpaired) electrons. The zero-order valence-electron chi connectivity index (χ0n) is 6.86. The molecule has 0 saturated carbocycles. The number of hydrogen-bond acceptors (Lipinski definition) is 2. The third-order valence-electron chi connectivity index (χ3n) is 1.62. The van der Waals surface area contributed by atoms with E-state index in [1.165, 1.54) is 6.08 Å². The predicted octanol–water partition coefficient (Wildman–Crippen LogP) is 2.20. The maximum absolute atomic E-state index is 11.7. The Morgan fingerprint density at radius 3 is 2.69 bits per heavy atom. The van der Waals surface area contributed by atoms with Crippen LogP contribution in [0.3, 0.4) is 0 Å². The Kier molecular flexibility index (Phi) is 2.95. The Morgan fingerprint density at radius 2 is 2.23 bits per heavy atom. The first-order valence-corrected chi connectivity index (χ1v) is 3.92. The highest BCUT2D eigenvalue weighted by Crippen LogP contribution is 2.23. The van der Waals surface area contributed by atoms with Crippen molar-refractivity contribution in [3.63, 3.8) is 0 Å². The Morgan fingerprint density at radius 1 is 1.54 bits per heavy atom. The lowest BCUT2D eigenvalue weighted by Crippen LogP contribution is -2.12. The lowest BCUT2D eigenvalue weighted by molar-refractivity contribution is -0.142. The molecule has 0 aromatic heterocycles. The summed E-state index contributed by atoms with van der Waals surface area (Å²) in [5.41, 5.74) is 0. The Bertz CT molecular complexity index is 230. The van der Waals surface area contributed by atoms with E-state index in [0.29, 0.717) is 13.0 Å². The molecule has 0 aromatic carbocycles. The molecule has 0 amide bonds. The molecule has 1 aliphatic rings. The SMILES string of the molecule is O=C(CCC(F)(F)F)C1=CCCO1. The van der Waals surface area contributed by atoms with Crippen LogP contribution in [0.1, 0.15) is 19.3 Å². The van der Waals surface area contributed by atoms with Gasteiger partial charge in [-0.2, -0.15) is 13.2 Å². The summed E-state index contributed by atoms with van der Waals surface area (Å²) >= 11 is 0. The molecule has 0 spiro atoms. The molecule has 74 valence electrons. The van der Waals surface area contributed by atoms with E-state index in [1.54, 1.807) is 0 Å². The number of halogens is 3. The van der Waals surface area contributed by atoms with Crippen LogP contribution < -0.4 is 0 Å². The first-order chi connectivity index (χ1) is 5.99. The Labute approximate surface area is 73.4 Å². The van der Waals surface area contributed by atoms with Gasteiger partial charge in [0.15, 0.2) is 11.5 Å². The third-order valence-corrected chi connectivity index (χ3v) is 1.62. The van der Waals surface area contributed by atoms with E-state index in [4.69, 9.17) is 4.74 Å². The average Bonchev–Trinajstić information content (AvgIpc) is 2.50. The summed E-state index contributed by atoms with van der Waals surface area (Å²) in [4.78, 5) is 11.0. The maximum Gasteiger partial charge on any atom is 0.389 e. The van der Waals surface area contributed by atoms with E-state index in [1.807, 2.05) is 0 Å². The fourth-order valence-corrected chi connectivity index (χ4v) is 0.991. The van der Waals surface area contributed by atoms with Gasteiger partial charge in [-0.15, -0.1) is 0 Å². The van der Waals surface area contributed by atoms with Crippen molar-refractivity contribution in [2.75, 3.05) is 6.61 Å². The smallest absolute Gasteiger partial charge is 0.389 e. The summed E-state index contributed by atoms with van der Waals surface area (Å²) in [6.45, 7) is 0.396. The molecule has 2 nitrogen and oxygen atoms in total. The average molecular weight is 194 g/mol. The topological polar surface area (TPSA) is 26.3 Å². The molecule has 0 bridgehead atoms. The minimum absolute atomic E-state index is 0.0873. The minimum Gasteiger partial charge on any atom is -0.490 e. The lowest BCUT2D eigenvalue weighted by Gasteiger charge is -2.05. The second-order valence-corrected chi connectivity index (χ2v) is 2.74. The highest BCUT2D eigenvalue weighted by atomic mass is 19.4. The molecule has 0 aromatic rings. The maximum atomic E-state index is 11.7. The molecule has 5 heteroatoms. The van der Waals surface area contributed by atoms with Crippen LogP contribution in [0.25, 0.3) is 0 Å². The predicted molar refractivity (Wildman–Crippen MR) is 38.9 cm³/mol. The molecular weight excluding hydrogens is 185 g/mol. The zero-order chi connectivity index (χ0) is 9.90. The molecule has 1 rings (SSSR count). The molecule has 1 aliphatic heterocycles. The third kappa shape index (κ3) is 3.48. The van der Waals surface area contributed by atoms with Crippen molar-refractivity contribution in [3.05, 3.63) is 11.8 Å². The highest BCUT2D eigenvalue weighted by molar-refractivity contribution is 5.93. The fourth-order valence-electron chi connectivity index (χ4n) is 0.991. The van der Waals surface area contributed by atoms with Gasteiger partial charge in [0.2, 0.25) is 0 Å². The van der Waals surface area contributed by atoms with Crippen LogP contribution in [-0.4, -0.2) is 18.6 Å². The summed E-state index contributed by atoms with van der Waals surface area (Å²) in [6.07, 6.45) is -3.73. The first-order valence-electron chi connectivity index (χ1n) is 3.92. The van der Waals surface area contributed by atoms with Gasteiger partial charge in [-0.3, -0.25) is 4.79 Å². The number of hydrogen-bond donors (Lipinski definition) is 0. The van der Waals surface area contributed by atoms with Gasteiger partial charge < -0.3 is 4.74 Å². The molecule has 0 aliphatic carbocycles. The van der Waals surface area contributed by atoms with E-state index >= 15 is 0 Å². The quantitative estimate of drug-likeness (QED) is 0.688. The molecule has 0 N–H and O–H groups in total. The van der Waals surface area contributed by atoms with Crippen LogP contribution in [0.2, 0.25) is 0 Å². The van der Waals surface area contributed by atoms with Crippen LogP contribution in [0.4, 0.5) is 13.2 Å². The summed E-state index contributed by atoms with van der Waals surface area (Å²) in [5.74, 6) is -0.473. The van der Waals surface area contributed by atoms with Crippen LogP contribution in [0.15, 0.2) is 11.8 Å². The normalized spacial score (nSPS) is 16.7. The number of ether oxygens (including phenoxy) is 1. The van der Waals surface area contributed by atoms with Crippen LogP contribution in [-0.2, 0) is 9.53 Å². The molecule has 0 saturated heterocycles. The number of Topliss-reactive ketones (excluding diaryl/α,β-unsaturated/α-hetero) is 1. The first kappa shape index (κ1) is 10.1. The van der Waals surface area contributed by atoms with Crippen molar-refractivity contribution in [1.29, 1.82) is 0 Å². The van der Waals surface area contributed by atoms with Crippen molar-refractivity contribution in [2.45, 2.75) is 25.4 Å². The van der Waals surface area contributed by atoms with Crippen molar-refractivity contribution in [1.82, 2.24) is 0 Å². The standard InChI is InChI=1S/C8H9F3O2/c9-8(10,11)4-3-6(12)7-2-1-5-13-7/h2H,1,3-5H2. The van der Waals surface area contributed by atoms with Crippen LogP contribution in [0, 0.1) is 0 Å². The van der Waals surface area contributed by atoms with Gasteiger partial charge in [0.1, 0.15) is 0 Å². The van der Waals surface area contributed by atoms with E-state index in [2.05, 4.69) is 0 Å². The van der Waals surface area contributed by atoms with Gasteiger partial charge in [0, 0.05) is 12.8 Å². The number of alkyl halides is 3. The lowest BCUT2D eigenvalue weighted by atomic mass is 10.2. The van der Waals surface area contributed by atoms with Gasteiger partial charge in [-0.1, -0.05) is 0 Å². The van der Waals surface area contributed by atoms with Crippen LogP contribution in [0.5, 0.6) is 0 Å². The van der Waals surface area contributed by atoms with E-state index < -0.39 is 24.8 Å². The summed E-state index contributed by atoms with van der Waals surface area (Å²) < 4.78 is 39.9. The second-order valence-electron chi connectivity index (χ2n) is 2.74. The summed E-state index contributed by atoms with van der Waals surface area (Å²) in [7, 11) is 0. The highest BCUT2D eigenvalue weighted by Gasteiger charge is 2.29. The van der Waals surface area contributed by atoms with Gasteiger partial charge in [-0.05, 0) is 6.08 Å². The zero-order valence-corrected chi connectivity index (χ0v) is 6.86. The molecule has 0 fully saturated rings. The number of allylic oxidation sites excluding steroid dienone is 1. The van der Waals surface area contributed by atoms with E-state index in [9.17, 15) is 18.0 Å². The van der Waals surface area contributed by atoms with E-state index in [-0.39, 0.29) is 5.76 Å². The van der Waals surface area contributed by atoms with Gasteiger partial charge in [-0.25, -0.2) is 0 Å². The molecule has 13 heavy (non-hydrogen) atoms. The second kappa shape index (κ2) is 3.81. The number of carbonyl (C=O) groups excluding carboxylic acids is 1. The Hall–Kier alpha value is -1.00. The summed E-state index contributed by atoms with van der Waals surface area (Å²) in [6, 6.07) is 0. The number of ketones is 1. The van der Waals surface area contributed by atoms with Gasteiger partial charge in [0.05, 0.1) is 13.0 Å². The van der Waals surface area contributed by atoms with Crippen LogP contribution >= 0.6 is 0 Å². The van der Waals surface area contributed by atoms with E-state index in [0.717, 1.165) is 0 Å². The molecule has 1 heterocycles.